The van der Waals surface area contributed by atoms with Gasteiger partial charge in [-0.3, -0.25) is 9.59 Å². The van der Waals surface area contributed by atoms with Gasteiger partial charge in [-0.05, 0) is 74.0 Å². The summed E-state index contributed by atoms with van der Waals surface area (Å²) in [6.07, 6.45) is 6.80. The Labute approximate surface area is 169 Å². The first kappa shape index (κ1) is 19.4. The Hall–Kier alpha value is 0.130. The average molecular weight is 443 g/mol. The van der Waals surface area contributed by atoms with Crippen molar-refractivity contribution in [1.29, 1.82) is 0 Å². The fraction of sp³-hybridized carbons (Fsp3) is 0.905. The maximum Gasteiger partial charge on any atom is 0.186 e. The minimum Gasteiger partial charge on any atom is -0.393 e. The third-order valence-corrected chi connectivity index (χ3v) is 10.5. The van der Waals surface area contributed by atoms with Crippen LogP contribution in [0.5, 0.6) is 0 Å². The molecule has 4 saturated carbocycles. The van der Waals surface area contributed by atoms with E-state index in [-0.39, 0.29) is 32.8 Å². The van der Waals surface area contributed by atoms with Crippen molar-refractivity contribution in [1.82, 2.24) is 0 Å². The van der Waals surface area contributed by atoms with Crippen molar-refractivity contribution in [3.05, 3.63) is 0 Å². The Bertz CT molecular complexity index is 624. The van der Waals surface area contributed by atoms with Crippen LogP contribution in [0.3, 0.4) is 0 Å². The van der Waals surface area contributed by atoms with E-state index in [1.165, 1.54) is 11.8 Å². The van der Waals surface area contributed by atoms with Gasteiger partial charge in [-0.15, -0.1) is 0 Å². The standard InChI is InChI=1S/C21H31BrO3S/c1-11(23)26-13-4-6-20(2)12(8-13)9-17(24)18-14(20)5-7-21(3)15(18)10-16(22)19(21)25/h12-18,24H,4-10H2,1-3H3/t12?,13-,14?,15?,16+,17-,18?,20-,21-/m0/s1. The molecule has 0 bridgehead atoms. The van der Waals surface area contributed by atoms with Gasteiger partial charge in [0.25, 0.3) is 0 Å². The van der Waals surface area contributed by atoms with Crippen LogP contribution in [0.4, 0.5) is 0 Å². The van der Waals surface area contributed by atoms with Gasteiger partial charge in [-0.1, -0.05) is 41.5 Å². The second-order valence-electron chi connectivity index (χ2n) is 9.83. The zero-order chi connectivity index (χ0) is 18.9. The van der Waals surface area contributed by atoms with Crippen LogP contribution in [0.1, 0.15) is 65.7 Å². The molecule has 0 amide bonds. The SMILES string of the molecule is CC(=O)S[C@H]1CC[C@@]2(C)C(C1)C[C@H](O)C1C2CC[C@]2(C)C(=O)[C@H](Br)CC12. The third-order valence-electron chi connectivity index (χ3n) is 8.67. The summed E-state index contributed by atoms with van der Waals surface area (Å²) in [5.41, 5.74) is 0.00766. The fourth-order valence-corrected chi connectivity index (χ4v) is 9.24. The summed E-state index contributed by atoms with van der Waals surface area (Å²) in [4.78, 5) is 24.3. The number of thioether (sulfide) groups is 1. The Kier molecular flexibility index (Phi) is 4.93. The number of aliphatic hydroxyl groups excluding tert-OH is 1. The number of fused-ring (bicyclic) bond motifs is 5. The molecule has 4 fully saturated rings. The van der Waals surface area contributed by atoms with Crippen LogP contribution in [0.25, 0.3) is 0 Å². The molecule has 0 aromatic rings. The zero-order valence-electron chi connectivity index (χ0n) is 16.0. The molecule has 3 nitrogen and oxygen atoms in total. The third kappa shape index (κ3) is 2.78. The number of aliphatic hydroxyl groups is 1. The van der Waals surface area contributed by atoms with Crippen molar-refractivity contribution in [3.8, 4) is 0 Å². The summed E-state index contributed by atoms with van der Waals surface area (Å²) in [6, 6.07) is 0. The number of hydrogen-bond acceptors (Lipinski definition) is 4. The summed E-state index contributed by atoms with van der Waals surface area (Å²) >= 11 is 5.12. The highest BCUT2D eigenvalue weighted by atomic mass is 79.9. The van der Waals surface area contributed by atoms with Gasteiger partial charge in [-0.2, -0.15) is 0 Å². The Morgan fingerprint density at radius 3 is 2.58 bits per heavy atom. The van der Waals surface area contributed by atoms with Crippen molar-refractivity contribution in [2.24, 2.45) is 34.5 Å². The molecule has 0 aromatic heterocycles. The van der Waals surface area contributed by atoms with E-state index < -0.39 is 0 Å². The molecule has 0 aromatic carbocycles. The van der Waals surface area contributed by atoms with Gasteiger partial charge in [0.15, 0.2) is 10.9 Å². The number of rotatable bonds is 1. The molecule has 0 heterocycles. The fourth-order valence-electron chi connectivity index (χ4n) is 7.28. The Morgan fingerprint density at radius 2 is 1.88 bits per heavy atom. The molecule has 4 aliphatic carbocycles. The smallest absolute Gasteiger partial charge is 0.186 e. The topological polar surface area (TPSA) is 54.4 Å². The molecule has 9 atom stereocenters. The van der Waals surface area contributed by atoms with E-state index >= 15 is 0 Å². The van der Waals surface area contributed by atoms with Crippen LogP contribution in [0.15, 0.2) is 0 Å². The maximum absolute atomic E-state index is 12.8. The normalized spacial score (nSPS) is 53.6. The van der Waals surface area contributed by atoms with Crippen molar-refractivity contribution in [2.45, 2.75) is 81.9 Å². The molecule has 0 spiro atoms. The lowest BCUT2D eigenvalue weighted by atomic mass is 9.44. The van der Waals surface area contributed by atoms with Crippen LogP contribution >= 0.6 is 27.7 Å². The molecule has 4 rings (SSSR count). The first-order valence-electron chi connectivity index (χ1n) is 10.2. The molecular weight excluding hydrogens is 412 g/mol. The van der Waals surface area contributed by atoms with Crippen molar-refractivity contribution in [2.75, 3.05) is 0 Å². The number of halogens is 1. The van der Waals surface area contributed by atoms with E-state index in [1.54, 1.807) is 6.92 Å². The lowest BCUT2D eigenvalue weighted by Crippen LogP contribution is -2.58. The predicted molar refractivity (Wildman–Crippen MR) is 108 cm³/mol. The summed E-state index contributed by atoms with van der Waals surface area (Å²) < 4.78 is 0. The molecule has 5 heteroatoms. The highest BCUT2D eigenvalue weighted by Gasteiger charge is 2.64. The summed E-state index contributed by atoms with van der Waals surface area (Å²) in [6.45, 7) is 6.26. The predicted octanol–water partition coefficient (Wildman–Crippen LogP) is 4.59. The van der Waals surface area contributed by atoms with E-state index in [0.29, 0.717) is 28.8 Å². The molecule has 4 aliphatic rings. The Balaban J connectivity index is 1.60. The number of ketones is 1. The average Bonchev–Trinajstić information content (AvgIpc) is 2.79. The molecule has 0 saturated heterocycles. The minimum atomic E-state index is -0.297. The second-order valence-corrected chi connectivity index (χ2v) is 12.4. The maximum atomic E-state index is 12.8. The largest absolute Gasteiger partial charge is 0.393 e. The summed E-state index contributed by atoms with van der Waals surface area (Å²) in [7, 11) is 0. The molecule has 146 valence electrons. The number of alkyl halides is 1. The molecular formula is C21H31BrO3S. The molecule has 0 radical (unpaired) electrons. The van der Waals surface area contributed by atoms with Crippen LogP contribution in [-0.2, 0) is 9.59 Å². The monoisotopic (exact) mass is 442 g/mol. The number of carbonyl (C=O) groups excluding carboxylic acids is 2. The van der Waals surface area contributed by atoms with Gasteiger partial charge in [0.05, 0.1) is 10.9 Å². The van der Waals surface area contributed by atoms with Gasteiger partial charge < -0.3 is 5.11 Å². The summed E-state index contributed by atoms with van der Waals surface area (Å²) in [5.74, 6) is 1.96. The number of Topliss-reactive ketones (excluding diaryl/α,β-unsaturated/α-hetero) is 1. The van der Waals surface area contributed by atoms with E-state index in [1.807, 2.05) is 0 Å². The number of carbonyl (C=O) groups is 2. The van der Waals surface area contributed by atoms with E-state index in [9.17, 15) is 14.7 Å². The quantitative estimate of drug-likeness (QED) is 0.603. The van der Waals surface area contributed by atoms with Gasteiger partial charge in [0.2, 0.25) is 0 Å². The van der Waals surface area contributed by atoms with E-state index in [2.05, 4.69) is 29.8 Å². The summed E-state index contributed by atoms with van der Waals surface area (Å²) in [5, 5.41) is 11.8. The van der Waals surface area contributed by atoms with Gasteiger partial charge in [0, 0.05) is 17.6 Å². The molecule has 26 heavy (non-hydrogen) atoms. The van der Waals surface area contributed by atoms with Gasteiger partial charge in [-0.25, -0.2) is 0 Å². The van der Waals surface area contributed by atoms with Crippen molar-refractivity contribution >= 4 is 38.6 Å². The lowest BCUT2D eigenvalue weighted by Gasteiger charge is -2.61. The highest BCUT2D eigenvalue weighted by molar-refractivity contribution is 9.10. The molecule has 0 aliphatic heterocycles. The lowest BCUT2D eigenvalue weighted by molar-refractivity contribution is -0.162. The van der Waals surface area contributed by atoms with Crippen LogP contribution in [0, 0.1) is 34.5 Å². The van der Waals surface area contributed by atoms with Crippen LogP contribution < -0.4 is 0 Å². The first-order valence-corrected chi connectivity index (χ1v) is 12.0. The van der Waals surface area contributed by atoms with Crippen molar-refractivity contribution < 1.29 is 14.7 Å². The number of hydrogen-bond donors (Lipinski definition) is 1. The zero-order valence-corrected chi connectivity index (χ0v) is 18.4. The van der Waals surface area contributed by atoms with Gasteiger partial charge >= 0.3 is 0 Å². The second kappa shape index (κ2) is 6.59. The van der Waals surface area contributed by atoms with E-state index in [4.69, 9.17) is 0 Å². The van der Waals surface area contributed by atoms with Crippen LogP contribution in [-0.4, -0.2) is 32.2 Å². The van der Waals surface area contributed by atoms with Crippen molar-refractivity contribution in [3.63, 3.8) is 0 Å². The van der Waals surface area contributed by atoms with Gasteiger partial charge in [0.1, 0.15) is 0 Å². The minimum absolute atomic E-state index is 0.0308. The molecule has 1 N–H and O–H groups in total. The van der Waals surface area contributed by atoms with Crippen LogP contribution in [0.2, 0.25) is 0 Å². The Morgan fingerprint density at radius 1 is 1.15 bits per heavy atom. The first-order chi connectivity index (χ1) is 12.2. The van der Waals surface area contributed by atoms with E-state index in [0.717, 1.165) is 44.9 Å². The molecule has 4 unspecified atom stereocenters. The highest BCUT2D eigenvalue weighted by Crippen LogP contribution is 2.66.